The van der Waals surface area contributed by atoms with Crippen molar-refractivity contribution in [1.29, 1.82) is 0 Å². The number of thiocarbonyl (C=S) groups is 1. The van der Waals surface area contributed by atoms with Gasteiger partial charge in [0.25, 0.3) is 0 Å². The van der Waals surface area contributed by atoms with Gasteiger partial charge in [0.15, 0.2) is 0 Å². The van der Waals surface area contributed by atoms with Gasteiger partial charge in [0, 0.05) is 7.05 Å². The maximum atomic E-state index is 12.2. The lowest BCUT2D eigenvalue weighted by Gasteiger charge is -2.24. The fraction of sp³-hybridized carbons (Fsp3) is 0.364. The van der Waals surface area contributed by atoms with Gasteiger partial charge in [0.05, 0.1) is 17.8 Å². The Balaban J connectivity index is 3.22. The fourth-order valence-corrected chi connectivity index (χ4v) is 2.97. The molecule has 1 aromatic rings. The summed E-state index contributed by atoms with van der Waals surface area (Å²) in [6, 6.07) is 6.84. The monoisotopic (exact) mass is 288 g/mol. The van der Waals surface area contributed by atoms with Crippen LogP contribution in [0.2, 0.25) is 0 Å². The number of benzene rings is 1. The Bertz CT molecular complexity index is 543. The van der Waals surface area contributed by atoms with Gasteiger partial charge in [-0.3, -0.25) is 4.31 Å². The lowest BCUT2D eigenvalue weighted by Crippen LogP contribution is -2.41. The van der Waals surface area contributed by atoms with Gasteiger partial charge in [0.2, 0.25) is 10.0 Å². The molecule has 0 aliphatic carbocycles. The molecule has 1 unspecified atom stereocenters. The van der Waals surface area contributed by atoms with E-state index in [0.29, 0.717) is 11.4 Å². The Kier molecular flexibility index (Phi) is 4.53. The van der Waals surface area contributed by atoms with Crippen LogP contribution in [0.25, 0.3) is 0 Å². The topological polar surface area (TPSA) is 72.6 Å². The van der Waals surface area contributed by atoms with E-state index in [1.54, 1.807) is 24.3 Å². The van der Waals surface area contributed by atoms with Gasteiger partial charge in [-0.15, -0.1) is 0 Å². The van der Waals surface area contributed by atoms with Crippen LogP contribution in [0.3, 0.4) is 0 Å². The molecule has 0 aromatic heterocycles. The van der Waals surface area contributed by atoms with Crippen molar-refractivity contribution >= 4 is 32.9 Å². The Morgan fingerprint density at radius 2 is 2.00 bits per heavy atom. The SMILES string of the molecule is COc1ccccc1N(C)S(=O)(=O)C(C)C(N)=S. The number of nitrogens with zero attached hydrogens (tertiary/aromatic N) is 1. The van der Waals surface area contributed by atoms with E-state index < -0.39 is 15.3 Å². The summed E-state index contributed by atoms with van der Waals surface area (Å²) in [5.41, 5.74) is 5.85. The number of hydrogen-bond acceptors (Lipinski definition) is 4. The molecule has 2 N–H and O–H groups in total. The zero-order valence-electron chi connectivity index (χ0n) is 10.5. The van der Waals surface area contributed by atoms with E-state index in [1.807, 2.05) is 0 Å². The first kappa shape index (κ1) is 14.7. The van der Waals surface area contributed by atoms with E-state index in [9.17, 15) is 8.42 Å². The minimum atomic E-state index is -3.64. The average molecular weight is 288 g/mol. The van der Waals surface area contributed by atoms with Crippen molar-refractivity contribution in [3.05, 3.63) is 24.3 Å². The van der Waals surface area contributed by atoms with Crippen LogP contribution in [-0.2, 0) is 10.0 Å². The van der Waals surface area contributed by atoms with Gasteiger partial charge in [-0.05, 0) is 19.1 Å². The van der Waals surface area contributed by atoms with Crippen LogP contribution in [0.5, 0.6) is 5.75 Å². The van der Waals surface area contributed by atoms with Crippen LogP contribution in [0.1, 0.15) is 6.92 Å². The maximum absolute atomic E-state index is 12.2. The molecule has 0 fully saturated rings. The minimum Gasteiger partial charge on any atom is -0.495 e. The van der Waals surface area contributed by atoms with E-state index in [-0.39, 0.29) is 4.99 Å². The third kappa shape index (κ3) is 2.73. The molecule has 0 aliphatic heterocycles. The molecule has 0 heterocycles. The smallest absolute Gasteiger partial charge is 0.244 e. The molecular weight excluding hydrogens is 272 g/mol. The van der Waals surface area contributed by atoms with Crippen LogP contribution < -0.4 is 14.8 Å². The highest BCUT2D eigenvalue weighted by Gasteiger charge is 2.29. The molecule has 5 nitrogen and oxygen atoms in total. The third-order valence-corrected chi connectivity index (χ3v) is 5.26. The number of rotatable bonds is 5. The number of hydrogen-bond donors (Lipinski definition) is 1. The van der Waals surface area contributed by atoms with Gasteiger partial charge in [-0.2, -0.15) is 0 Å². The third-order valence-electron chi connectivity index (χ3n) is 2.65. The molecule has 100 valence electrons. The molecule has 0 aliphatic rings. The molecule has 0 saturated carbocycles. The van der Waals surface area contributed by atoms with E-state index in [4.69, 9.17) is 22.7 Å². The first-order chi connectivity index (χ1) is 8.32. The van der Waals surface area contributed by atoms with Crippen LogP contribution in [0.15, 0.2) is 24.3 Å². The molecule has 0 radical (unpaired) electrons. The number of nitrogens with two attached hydrogens (primary N) is 1. The van der Waals surface area contributed by atoms with Crippen molar-refractivity contribution in [1.82, 2.24) is 0 Å². The highest BCUT2D eigenvalue weighted by molar-refractivity contribution is 7.95. The van der Waals surface area contributed by atoms with Gasteiger partial charge in [-0.25, -0.2) is 8.42 Å². The van der Waals surface area contributed by atoms with E-state index >= 15 is 0 Å². The Labute approximate surface area is 113 Å². The van der Waals surface area contributed by atoms with Crippen LogP contribution in [-0.4, -0.2) is 32.8 Å². The zero-order valence-corrected chi connectivity index (χ0v) is 12.1. The Hall–Kier alpha value is -1.34. The largest absolute Gasteiger partial charge is 0.495 e. The molecule has 18 heavy (non-hydrogen) atoms. The Morgan fingerprint density at radius 3 is 2.50 bits per heavy atom. The first-order valence-corrected chi connectivity index (χ1v) is 7.13. The molecule has 1 atom stereocenters. The van der Waals surface area contributed by atoms with Crippen molar-refractivity contribution in [3.63, 3.8) is 0 Å². The summed E-state index contributed by atoms with van der Waals surface area (Å²) in [5, 5.41) is -0.928. The van der Waals surface area contributed by atoms with Crippen molar-refractivity contribution in [2.75, 3.05) is 18.5 Å². The lowest BCUT2D eigenvalue weighted by molar-refractivity contribution is 0.416. The molecule has 0 spiro atoms. The quantitative estimate of drug-likeness (QED) is 0.822. The lowest BCUT2D eigenvalue weighted by atomic mass is 10.3. The summed E-state index contributed by atoms with van der Waals surface area (Å²) in [5.74, 6) is 0.471. The van der Waals surface area contributed by atoms with Crippen molar-refractivity contribution in [2.45, 2.75) is 12.2 Å². The number of para-hydroxylation sites is 2. The Morgan fingerprint density at radius 1 is 1.44 bits per heavy atom. The molecular formula is C11H16N2O3S2. The van der Waals surface area contributed by atoms with Crippen LogP contribution >= 0.6 is 12.2 Å². The van der Waals surface area contributed by atoms with E-state index in [0.717, 1.165) is 4.31 Å². The summed E-state index contributed by atoms with van der Waals surface area (Å²) >= 11 is 4.74. The standard InChI is InChI=1S/C11H16N2O3S2/c1-8(11(12)17)18(14,15)13(2)9-6-4-5-7-10(9)16-3/h4-8H,1-3H3,(H2,12,17). The van der Waals surface area contributed by atoms with Crippen molar-refractivity contribution in [2.24, 2.45) is 5.73 Å². The predicted molar refractivity (Wildman–Crippen MR) is 76.6 cm³/mol. The highest BCUT2D eigenvalue weighted by Crippen LogP contribution is 2.29. The first-order valence-electron chi connectivity index (χ1n) is 5.22. The van der Waals surface area contributed by atoms with Crippen molar-refractivity contribution in [3.8, 4) is 5.75 Å². The summed E-state index contributed by atoms with van der Waals surface area (Å²) in [4.78, 5) is -0.0586. The number of anilines is 1. The average Bonchev–Trinajstić information content (AvgIpc) is 2.36. The molecule has 0 saturated heterocycles. The normalized spacial score (nSPS) is 12.8. The molecule has 7 heteroatoms. The van der Waals surface area contributed by atoms with Crippen molar-refractivity contribution < 1.29 is 13.2 Å². The van der Waals surface area contributed by atoms with Crippen LogP contribution in [0.4, 0.5) is 5.69 Å². The van der Waals surface area contributed by atoms with E-state index in [2.05, 4.69) is 0 Å². The molecule has 0 amide bonds. The maximum Gasteiger partial charge on any atom is 0.244 e. The number of sulfonamides is 1. The van der Waals surface area contributed by atoms with Gasteiger partial charge in [-0.1, -0.05) is 24.4 Å². The van der Waals surface area contributed by atoms with Gasteiger partial charge >= 0.3 is 0 Å². The number of methoxy groups -OCH3 is 1. The number of ether oxygens (including phenoxy) is 1. The summed E-state index contributed by atoms with van der Waals surface area (Å²) in [6.45, 7) is 1.46. The summed E-state index contributed by atoms with van der Waals surface area (Å²) in [7, 11) is -0.708. The molecule has 0 bridgehead atoms. The van der Waals surface area contributed by atoms with Gasteiger partial charge < -0.3 is 10.5 Å². The highest BCUT2D eigenvalue weighted by atomic mass is 32.2. The predicted octanol–water partition coefficient (Wildman–Crippen LogP) is 1.14. The minimum absolute atomic E-state index is 0.0586. The molecule has 1 aromatic carbocycles. The second-order valence-electron chi connectivity index (χ2n) is 3.73. The van der Waals surface area contributed by atoms with Gasteiger partial charge in [0.1, 0.15) is 11.0 Å². The second-order valence-corrected chi connectivity index (χ2v) is 6.49. The fourth-order valence-electron chi connectivity index (χ4n) is 1.41. The summed E-state index contributed by atoms with van der Waals surface area (Å²) in [6.07, 6.45) is 0. The van der Waals surface area contributed by atoms with E-state index in [1.165, 1.54) is 21.1 Å². The summed E-state index contributed by atoms with van der Waals surface area (Å²) < 4.78 is 30.8. The zero-order chi connectivity index (χ0) is 13.9. The van der Waals surface area contributed by atoms with Crippen LogP contribution in [0, 0.1) is 0 Å². The molecule has 1 rings (SSSR count). The second kappa shape index (κ2) is 5.53.